The Morgan fingerprint density at radius 3 is 2.70 bits per heavy atom. The number of aromatic nitrogens is 3. The van der Waals surface area contributed by atoms with Gasteiger partial charge in [0.1, 0.15) is 5.82 Å². The number of amides is 1. The van der Waals surface area contributed by atoms with Crippen LogP contribution < -0.4 is 0 Å². The van der Waals surface area contributed by atoms with Crippen molar-refractivity contribution in [1.82, 2.24) is 19.7 Å². The minimum atomic E-state index is 0.0768. The van der Waals surface area contributed by atoms with Crippen LogP contribution in [0.4, 0.5) is 0 Å². The van der Waals surface area contributed by atoms with Crippen LogP contribution in [0.2, 0.25) is 5.02 Å². The Morgan fingerprint density at radius 1 is 1.35 bits per heavy atom. The average Bonchev–Trinajstić information content (AvgIpc) is 3.30. The molecule has 23 heavy (non-hydrogen) atoms. The van der Waals surface area contributed by atoms with Crippen molar-refractivity contribution in [3.05, 3.63) is 40.7 Å². The summed E-state index contributed by atoms with van der Waals surface area (Å²) in [5, 5.41) is 9.87. The summed E-state index contributed by atoms with van der Waals surface area (Å²) in [4.78, 5) is 14.0. The zero-order chi connectivity index (χ0) is 16.4. The number of carbonyl (C=O) groups excluding carboxylic acids is 1. The predicted octanol–water partition coefficient (Wildman–Crippen LogP) is 3.33. The lowest BCUT2D eigenvalue weighted by atomic mass is 10.2. The molecule has 7 heteroatoms. The van der Waals surface area contributed by atoms with Crippen LogP contribution >= 0.6 is 23.4 Å². The summed E-state index contributed by atoms with van der Waals surface area (Å²) >= 11 is 7.34. The summed E-state index contributed by atoms with van der Waals surface area (Å²) < 4.78 is 2.15. The Hall–Kier alpha value is -1.53. The van der Waals surface area contributed by atoms with Gasteiger partial charge in [0, 0.05) is 24.7 Å². The van der Waals surface area contributed by atoms with Gasteiger partial charge in [-0.3, -0.25) is 4.79 Å². The third-order valence-corrected chi connectivity index (χ3v) is 5.01. The molecule has 0 saturated heterocycles. The van der Waals surface area contributed by atoms with Gasteiger partial charge in [0.25, 0.3) is 0 Å². The Kier molecular flexibility index (Phi) is 4.92. The molecule has 1 saturated carbocycles. The molecule has 0 aliphatic heterocycles. The van der Waals surface area contributed by atoms with Crippen molar-refractivity contribution >= 4 is 29.3 Å². The third-order valence-electron chi connectivity index (χ3n) is 3.83. The zero-order valence-corrected chi connectivity index (χ0v) is 14.8. The monoisotopic (exact) mass is 350 g/mol. The highest BCUT2D eigenvalue weighted by atomic mass is 35.5. The molecule has 3 rings (SSSR count). The number of rotatable bonds is 6. The second-order valence-electron chi connectivity index (χ2n) is 5.80. The van der Waals surface area contributed by atoms with Gasteiger partial charge in [-0.15, -0.1) is 10.2 Å². The molecule has 0 spiro atoms. The van der Waals surface area contributed by atoms with Crippen LogP contribution in [0.5, 0.6) is 0 Å². The normalized spacial score (nSPS) is 14.0. The van der Waals surface area contributed by atoms with Gasteiger partial charge in [-0.2, -0.15) is 0 Å². The fraction of sp³-hybridized carbons (Fsp3) is 0.438. The molecule has 1 aromatic heterocycles. The number of hydrogen-bond donors (Lipinski definition) is 0. The van der Waals surface area contributed by atoms with E-state index in [0.717, 1.165) is 16.5 Å². The molecule has 1 amide bonds. The predicted molar refractivity (Wildman–Crippen MR) is 91.7 cm³/mol. The average molecular weight is 351 g/mol. The number of carbonyl (C=O) groups is 1. The van der Waals surface area contributed by atoms with E-state index >= 15 is 0 Å². The van der Waals surface area contributed by atoms with Crippen LogP contribution in [0.3, 0.4) is 0 Å². The molecule has 1 aliphatic rings. The summed E-state index contributed by atoms with van der Waals surface area (Å²) in [5.74, 6) is 1.37. The van der Waals surface area contributed by atoms with Crippen LogP contribution in [0.15, 0.2) is 29.4 Å². The van der Waals surface area contributed by atoms with Crippen molar-refractivity contribution in [2.24, 2.45) is 0 Å². The van der Waals surface area contributed by atoms with Gasteiger partial charge in [0.15, 0.2) is 5.16 Å². The summed E-state index contributed by atoms with van der Waals surface area (Å²) in [5.41, 5.74) is 1.06. The third kappa shape index (κ3) is 4.06. The molecule has 0 radical (unpaired) electrons. The molecular weight excluding hydrogens is 332 g/mol. The van der Waals surface area contributed by atoms with Crippen molar-refractivity contribution in [2.75, 3.05) is 12.8 Å². The minimum Gasteiger partial charge on any atom is -0.341 e. The van der Waals surface area contributed by atoms with Crippen molar-refractivity contribution in [2.45, 2.75) is 37.5 Å². The minimum absolute atomic E-state index is 0.0768. The zero-order valence-electron chi connectivity index (χ0n) is 13.2. The first-order valence-corrected chi connectivity index (χ1v) is 8.93. The largest absolute Gasteiger partial charge is 0.341 e. The SMILES string of the molecule is Cc1nnc(SCC(=O)N(C)Cc2ccc(Cl)cc2)n1C1CC1. The van der Waals surface area contributed by atoms with E-state index in [1.807, 2.05) is 38.2 Å². The number of halogens is 1. The van der Waals surface area contributed by atoms with Crippen molar-refractivity contribution in [1.29, 1.82) is 0 Å². The molecule has 1 heterocycles. The lowest BCUT2D eigenvalue weighted by Gasteiger charge is -2.17. The van der Waals surface area contributed by atoms with Gasteiger partial charge in [-0.1, -0.05) is 35.5 Å². The number of nitrogens with zero attached hydrogens (tertiary/aromatic N) is 4. The lowest BCUT2D eigenvalue weighted by molar-refractivity contribution is -0.127. The van der Waals surface area contributed by atoms with Crippen molar-refractivity contribution in [3.8, 4) is 0 Å². The maximum absolute atomic E-state index is 12.3. The Bertz CT molecular complexity index is 697. The molecule has 5 nitrogen and oxygen atoms in total. The van der Waals surface area contributed by atoms with Gasteiger partial charge >= 0.3 is 0 Å². The fourth-order valence-electron chi connectivity index (χ4n) is 2.39. The summed E-state index contributed by atoms with van der Waals surface area (Å²) in [6.07, 6.45) is 2.35. The number of thioether (sulfide) groups is 1. The van der Waals surface area contributed by atoms with Crippen molar-refractivity contribution < 1.29 is 4.79 Å². The molecule has 1 fully saturated rings. The van der Waals surface area contributed by atoms with E-state index in [1.54, 1.807) is 4.90 Å². The van der Waals surface area contributed by atoms with Gasteiger partial charge in [0.2, 0.25) is 5.91 Å². The number of hydrogen-bond acceptors (Lipinski definition) is 4. The Morgan fingerprint density at radius 2 is 2.04 bits per heavy atom. The molecule has 122 valence electrons. The number of aryl methyl sites for hydroxylation is 1. The first-order chi connectivity index (χ1) is 11.0. The van der Waals surface area contributed by atoms with Crippen LogP contribution in [0.25, 0.3) is 0 Å². The smallest absolute Gasteiger partial charge is 0.233 e. The summed E-state index contributed by atoms with van der Waals surface area (Å²) in [6.45, 7) is 2.54. The van der Waals surface area contributed by atoms with Crippen LogP contribution in [-0.2, 0) is 11.3 Å². The van der Waals surface area contributed by atoms with Crippen LogP contribution in [0, 0.1) is 6.92 Å². The van der Waals surface area contributed by atoms with Crippen molar-refractivity contribution in [3.63, 3.8) is 0 Å². The van der Waals surface area contributed by atoms with E-state index in [-0.39, 0.29) is 5.91 Å². The first-order valence-electron chi connectivity index (χ1n) is 7.57. The fourth-order valence-corrected chi connectivity index (χ4v) is 3.51. The molecule has 1 aromatic carbocycles. The molecule has 1 aliphatic carbocycles. The molecule has 0 atom stereocenters. The van der Waals surface area contributed by atoms with E-state index in [1.165, 1.54) is 24.6 Å². The van der Waals surface area contributed by atoms with Gasteiger partial charge in [-0.05, 0) is 37.5 Å². The molecule has 0 N–H and O–H groups in total. The molecular formula is C16H19ClN4OS. The highest BCUT2D eigenvalue weighted by Crippen LogP contribution is 2.38. The van der Waals surface area contributed by atoms with E-state index in [4.69, 9.17) is 11.6 Å². The standard InChI is InChI=1S/C16H19ClN4OS/c1-11-18-19-16(21(11)14-7-8-14)23-10-15(22)20(2)9-12-3-5-13(17)6-4-12/h3-6,14H,7-10H2,1-2H3. The Balaban J connectivity index is 1.55. The second kappa shape index (κ2) is 6.93. The maximum atomic E-state index is 12.3. The maximum Gasteiger partial charge on any atom is 0.233 e. The van der Waals surface area contributed by atoms with E-state index in [9.17, 15) is 4.79 Å². The summed E-state index contributed by atoms with van der Waals surface area (Å²) in [7, 11) is 1.81. The van der Waals surface area contributed by atoms with Gasteiger partial charge in [-0.25, -0.2) is 0 Å². The van der Waals surface area contributed by atoms with E-state index in [0.29, 0.717) is 23.4 Å². The molecule has 0 bridgehead atoms. The summed E-state index contributed by atoms with van der Waals surface area (Å²) in [6, 6.07) is 8.07. The second-order valence-corrected chi connectivity index (χ2v) is 7.17. The highest BCUT2D eigenvalue weighted by Gasteiger charge is 2.28. The number of benzene rings is 1. The van der Waals surface area contributed by atoms with Gasteiger partial charge < -0.3 is 9.47 Å². The van der Waals surface area contributed by atoms with Gasteiger partial charge in [0.05, 0.1) is 5.75 Å². The lowest BCUT2D eigenvalue weighted by Crippen LogP contribution is -2.27. The molecule has 0 unspecified atom stereocenters. The Labute approximate surface area is 145 Å². The molecule has 2 aromatic rings. The quantitative estimate of drug-likeness (QED) is 0.750. The van der Waals surface area contributed by atoms with Crippen LogP contribution in [-0.4, -0.2) is 38.4 Å². The van der Waals surface area contributed by atoms with E-state index < -0.39 is 0 Å². The first kappa shape index (κ1) is 16.3. The van der Waals surface area contributed by atoms with E-state index in [2.05, 4.69) is 14.8 Å². The topological polar surface area (TPSA) is 51.0 Å². The highest BCUT2D eigenvalue weighted by molar-refractivity contribution is 7.99. The van der Waals surface area contributed by atoms with Crippen LogP contribution in [0.1, 0.15) is 30.3 Å².